The van der Waals surface area contributed by atoms with Crippen LogP contribution < -0.4 is 4.52 Å². The predicted octanol–water partition coefficient (Wildman–Crippen LogP) is 0.394. The molecule has 0 saturated carbocycles. The number of hydrogen-bond acceptors (Lipinski definition) is 4. The van der Waals surface area contributed by atoms with E-state index in [2.05, 4.69) is 9.51 Å². The summed E-state index contributed by atoms with van der Waals surface area (Å²) in [7, 11) is -4.76. The van der Waals surface area contributed by atoms with Gasteiger partial charge in [-0.25, -0.2) is 4.57 Å². The summed E-state index contributed by atoms with van der Waals surface area (Å²) in [5, 5.41) is 10.2. The molecule has 1 heterocycles. The van der Waals surface area contributed by atoms with Gasteiger partial charge in [-0.2, -0.15) is 0 Å². The molecule has 0 aliphatic carbocycles. The summed E-state index contributed by atoms with van der Waals surface area (Å²) in [5.74, 6) is -0.557. The first-order valence-electron chi connectivity index (χ1n) is 2.97. The van der Waals surface area contributed by atoms with Crippen molar-refractivity contribution >= 4 is 13.5 Å². The van der Waals surface area contributed by atoms with Crippen molar-refractivity contribution < 1.29 is 23.8 Å². The van der Waals surface area contributed by atoms with Gasteiger partial charge in [-0.3, -0.25) is 19.9 Å². The Morgan fingerprint density at radius 1 is 1.62 bits per heavy atom. The van der Waals surface area contributed by atoms with Gasteiger partial charge in [0.25, 0.3) is 5.88 Å². The second-order valence-electron chi connectivity index (χ2n) is 2.03. The molecule has 0 unspecified atom stereocenters. The molecule has 0 atom stereocenters. The van der Waals surface area contributed by atoms with Crippen molar-refractivity contribution in [1.82, 2.24) is 4.98 Å². The number of nitrogens with one attached hydrogen (secondary N) is 1. The Kier molecular flexibility index (Phi) is 2.37. The van der Waals surface area contributed by atoms with Gasteiger partial charge >= 0.3 is 13.5 Å². The first-order chi connectivity index (χ1) is 5.90. The Balaban J connectivity index is 2.96. The van der Waals surface area contributed by atoms with Gasteiger partial charge in [-0.15, -0.1) is 0 Å². The Hall–Kier alpha value is -1.37. The topological polar surface area (TPSA) is 126 Å². The fourth-order valence-corrected chi connectivity index (χ4v) is 1.07. The maximum atomic E-state index is 10.3. The Morgan fingerprint density at radius 2 is 2.23 bits per heavy atom. The molecule has 72 valence electrons. The summed E-state index contributed by atoms with van der Waals surface area (Å²) in [6.45, 7) is 0. The minimum absolute atomic E-state index is 0.525. The number of H-pyrrole nitrogens is 1. The molecular weight excluding hydrogens is 203 g/mol. The molecule has 13 heavy (non-hydrogen) atoms. The number of phosphoric acid groups is 1. The lowest BCUT2D eigenvalue weighted by atomic mass is 10.5. The molecule has 0 saturated heterocycles. The van der Waals surface area contributed by atoms with Crippen LogP contribution in [-0.4, -0.2) is 19.7 Å². The van der Waals surface area contributed by atoms with E-state index in [0.717, 1.165) is 12.3 Å². The van der Waals surface area contributed by atoms with E-state index in [1.54, 1.807) is 0 Å². The van der Waals surface area contributed by atoms with Crippen LogP contribution in [0.1, 0.15) is 0 Å². The molecule has 3 N–H and O–H groups in total. The lowest BCUT2D eigenvalue weighted by molar-refractivity contribution is -0.385. The van der Waals surface area contributed by atoms with Crippen molar-refractivity contribution in [3.05, 3.63) is 22.4 Å². The van der Waals surface area contributed by atoms with Crippen LogP contribution >= 0.6 is 7.82 Å². The molecule has 0 fully saturated rings. The zero-order valence-corrected chi connectivity index (χ0v) is 6.97. The van der Waals surface area contributed by atoms with E-state index < -0.39 is 24.3 Å². The third kappa shape index (κ3) is 2.55. The largest absolute Gasteiger partial charge is 0.526 e. The lowest BCUT2D eigenvalue weighted by Crippen LogP contribution is -1.94. The number of aromatic nitrogens is 1. The summed E-state index contributed by atoms with van der Waals surface area (Å²) >= 11 is 0. The molecule has 8 nitrogen and oxygen atoms in total. The summed E-state index contributed by atoms with van der Waals surface area (Å²) < 4.78 is 14.3. The van der Waals surface area contributed by atoms with Crippen molar-refractivity contribution in [2.75, 3.05) is 0 Å². The zero-order valence-electron chi connectivity index (χ0n) is 6.08. The monoisotopic (exact) mass is 208 g/mol. The number of phosphoric ester groups is 1. The van der Waals surface area contributed by atoms with Crippen LogP contribution in [0, 0.1) is 10.1 Å². The Labute approximate surface area is 71.5 Å². The summed E-state index contributed by atoms with van der Waals surface area (Å²) in [5.41, 5.74) is -0.525. The van der Waals surface area contributed by atoms with Gasteiger partial charge in [0.05, 0.1) is 4.92 Å². The number of nitrogens with zero attached hydrogens (tertiary/aromatic N) is 1. The van der Waals surface area contributed by atoms with Gasteiger partial charge in [0.2, 0.25) is 0 Å². The zero-order chi connectivity index (χ0) is 10.1. The van der Waals surface area contributed by atoms with E-state index in [0.29, 0.717) is 0 Å². The van der Waals surface area contributed by atoms with Gasteiger partial charge < -0.3 is 9.51 Å². The van der Waals surface area contributed by atoms with Crippen LogP contribution in [0.3, 0.4) is 0 Å². The van der Waals surface area contributed by atoms with Crippen molar-refractivity contribution in [2.24, 2.45) is 0 Å². The van der Waals surface area contributed by atoms with Gasteiger partial charge in [-0.1, -0.05) is 0 Å². The average Bonchev–Trinajstić information content (AvgIpc) is 2.31. The lowest BCUT2D eigenvalue weighted by Gasteiger charge is -2.02. The van der Waals surface area contributed by atoms with Crippen LogP contribution in [0.2, 0.25) is 0 Å². The third-order valence-electron chi connectivity index (χ3n) is 1.10. The summed E-state index contributed by atoms with van der Waals surface area (Å²) in [6, 6.07) is 1.03. The SMILES string of the molecule is O=[N+]([O-])c1cc[nH]c1OP(=O)(O)O. The number of nitro groups is 1. The highest BCUT2D eigenvalue weighted by Gasteiger charge is 2.24. The van der Waals surface area contributed by atoms with Crippen LogP contribution in [0.15, 0.2) is 12.3 Å². The van der Waals surface area contributed by atoms with E-state index in [-0.39, 0.29) is 0 Å². The molecule has 0 aromatic carbocycles. The van der Waals surface area contributed by atoms with Gasteiger partial charge in [-0.05, 0) is 0 Å². The third-order valence-corrected chi connectivity index (χ3v) is 1.52. The molecule has 0 amide bonds. The smallest absolute Gasteiger partial charge is 0.380 e. The van der Waals surface area contributed by atoms with E-state index in [4.69, 9.17) is 9.79 Å². The maximum Gasteiger partial charge on any atom is 0.526 e. The van der Waals surface area contributed by atoms with Crippen molar-refractivity contribution in [3.8, 4) is 5.88 Å². The van der Waals surface area contributed by atoms with Crippen molar-refractivity contribution in [1.29, 1.82) is 0 Å². The van der Waals surface area contributed by atoms with E-state index in [1.165, 1.54) is 0 Å². The fourth-order valence-electron chi connectivity index (χ4n) is 0.682. The summed E-state index contributed by atoms with van der Waals surface area (Å²) in [6.07, 6.45) is 1.14. The summed E-state index contributed by atoms with van der Waals surface area (Å²) in [4.78, 5) is 28.3. The normalized spacial score (nSPS) is 11.2. The highest BCUT2D eigenvalue weighted by molar-refractivity contribution is 7.46. The highest BCUT2D eigenvalue weighted by atomic mass is 31.2. The predicted molar refractivity (Wildman–Crippen MR) is 40.1 cm³/mol. The minimum atomic E-state index is -4.76. The van der Waals surface area contributed by atoms with Gasteiger partial charge in [0.1, 0.15) is 0 Å². The number of aromatic amines is 1. The van der Waals surface area contributed by atoms with Crippen LogP contribution in [0.5, 0.6) is 5.88 Å². The number of hydrogen-bond donors (Lipinski definition) is 3. The van der Waals surface area contributed by atoms with Crippen LogP contribution in [0.25, 0.3) is 0 Å². The van der Waals surface area contributed by atoms with E-state index in [9.17, 15) is 14.7 Å². The Morgan fingerprint density at radius 3 is 2.69 bits per heavy atom. The molecule has 0 bridgehead atoms. The molecule has 0 aliphatic rings. The standard InChI is InChI=1S/C4H5N2O6P/c7-6(8)3-1-2-5-4(3)12-13(9,10)11/h1-2,5H,(H2,9,10,11). The average molecular weight is 208 g/mol. The molecule has 0 radical (unpaired) electrons. The number of rotatable bonds is 3. The fraction of sp³-hybridized carbons (Fsp3) is 0. The van der Waals surface area contributed by atoms with E-state index in [1.807, 2.05) is 0 Å². The maximum absolute atomic E-state index is 10.3. The van der Waals surface area contributed by atoms with Crippen molar-refractivity contribution in [2.45, 2.75) is 0 Å². The van der Waals surface area contributed by atoms with E-state index >= 15 is 0 Å². The Bertz CT molecular complexity index is 366. The molecular formula is C4H5N2O6P. The molecule has 0 aliphatic heterocycles. The molecule has 1 aromatic heterocycles. The minimum Gasteiger partial charge on any atom is -0.380 e. The second-order valence-corrected chi connectivity index (χ2v) is 3.19. The van der Waals surface area contributed by atoms with Crippen molar-refractivity contribution in [3.63, 3.8) is 0 Å². The first-order valence-corrected chi connectivity index (χ1v) is 4.50. The molecule has 9 heteroatoms. The second kappa shape index (κ2) is 3.17. The van der Waals surface area contributed by atoms with Gasteiger partial charge in [0, 0.05) is 12.3 Å². The first kappa shape index (κ1) is 9.72. The van der Waals surface area contributed by atoms with Gasteiger partial charge in [0.15, 0.2) is 0 Å². The highest BCUT2D eigenvalue weighted by Crippen LogP contribution is 2.40. The molecule has 1 aromatic rings. The molecule has 0 spiro atoms. The van der Waals surface area contributed by atoms with Crippen LogP contribution in [-0.2, 0) is 4.57 Å². The van der Waals surface area contributed by atoms with Crippen LogP contribution in [0.4, 0.5) is 5.69 Å². The quantitative estimate of drug-likeness (QED) is 0.374. The molecule has 1 rings (SSSR count).